The molecule has 1 N–H and O–H groups in total. The minimum atomic E-state index is -0.0218. The molecular weight excluding hydrogens is 248 g/mol. The quantitative estimate of drug-likeness (QED) is 0.916. The van der Waals surface area contributed by atoms with E-state index < -0.39 is 0 Å². The van der Waals surface area contributed by atoms with Gasteiger partial charge in [-0.15, -0.1) is 0 Å². The average molecular weight is 276 g/mol. The molecule has 1 saturated heterocycles. The second-order valence-electron chi connectivity index (χ2n) is 6.62. The van der Waals surface area contributed by atoms with Crippen LogP contribution in [0, 0.1) is 0 Å². The van der Waals surface area contributed by atoms with Crippen molar-refractivity contribution in [1.29, 1.82) is 0 Å². The van der Waals surface area contributed by atoms with Crippen LogP contribution in [-0.2, 0) is 5.41 Å². The normalized spacial score (nSPS) is 16.9. The van der Waals surface area contributed by atoms with Gasteiger partial charge in [-0.25, -0.2) is 9.97 Å². The molecule has 1 aliphatic heterocycles. The minimum Gasteiger partial charge on any atom is -0.370 e. The van der Waals surface area contributed by atoms with Gasteiger partial charge in [-0.3, -0.25) is 0 Å². The SMILES string of the molecule is CCNc1cc(N2CCCCCC2)nc(C(C)(C)C)n1. The molecule has 2 rings (SSSR count). The molecule has 0 atom stereocenters. The molecule has 0 spiro atoms. The van der Waals surface area contributed by atoms with Crippen molar-refractivity contribution in [2.24, 2.45) is 0 Å². The van der Waals surface area contributed by atoms with Crippen LogP contribution in [0.3, 0.4) is 0 Å². The molecule has 1 fully saturated rings. The van der Waals surface area contributed by atoms with Gasteiger partial charge in [-0.05, 0) is 19.8 Å². The summed E-state index contributed by atoms with van der Waals surface area (Å²) in [6.07, 6.45) is 5.22. The summed E-state index contributed by atoms with van der Waals surface area (Å²) in [6, 6.07) is 2.10. The number of rotatable bonds is 3. The van der Waals surface area contributed by atoms with Crippen LogP contribution in [-0.4, -0.2) is 29.6 Å². The third-order valence-corrected chi connectivity index (χ3v) is 3.67. The van der Waals surface area contributed by atoms with E-state index in [1.54, 1.807) is 0 Å². The Labute approximate surface area is 123 Å². The molecular formula is C16H28N4. The summed E-state index contributed by atoms with van der Waals surface area (Å²) in [5.74, 6) is 2.96. The van der Waals surface area contributed by atoms with Gasteiger partial charge in [0, 0.05) is 31.1 Å². The summed E-state index contributed by atoms with van der Waals surface area (Å²) >= 11 is 0. The number of hydrogen-bond donors (Lipinski definition) is 1. The molecule has 0 amide bonds. The molecule has 1 aromatic heterocycles. The predicted molar refractivity (Wildman–Crippen MR) is 85.6 cm³/mol. The van der Waals surface area contributed by atoms with Gasteiger partial charge < -0.3 is 10.2 Å². The standard InChI is InChI=1S/C16H28N4/c1-5-17-13-12-14(19-15(18-13)16(2,3)4)20-10-8-6-7-9-11-20/h12H,5-11H2,1-4H3,(H,17,18,19). The van der Waals surface area contributed by atoms with Gasteiger partial charge in [-0.1, -0.05) is 33.6 Å². The van der Waals surface area contributed by atoms with Crippen molar-refractivity contribution < 1.29 is 0 Å². The van der Waals surface area contributed by atoms with Crippen LogP contribution in [0.2, 0.25) is 0 Å². The van der Waals surface area contributed by atoms with Gasteiger partial charge in [0.2, 0.25) is 0 Å². The summed E-state index contributed by atoms with van der Waals surface area (Å²) in [5.41, 5.74) is -0.0218. The molecule has 4 heteroatoms. The maximum atomic E-state index is 4.83. The Morgan fingerprint density at radius 2 is 1.75 bits per heavy atom. The fourth-order valence-corrected chi connectivity index (χ4v) is 2.50. The third kappa shape index (κ3) is 3.84. The number of anilines is 2. The molecule has 2 heterocycles. The Kier molecular flexibility index (Phi) is 4.84. The van der Waals surface area contributed by atoms with Crippen LogP contribution in [0.1, 0.15) is 59.2 Å². The molecule has 0 bridgehead atoms. The lowest BCUT2D eigenvalue weighted by Crippen LogP contribution is -2.27. The molecule has 0 saturated carbocycles. The van der Waals surface area contributed by atoms with Gasteiger partial charge in [0.1, 0.15) is 17.5 Å². The van der Waals surface area contributed by atoms with Crippen molar-refractivity contribution in [3.8, 4) is 0 Å². The maximum absolute atomic E-state index is 4.83. The van der Waals surface area contributed by atoms with E-state index >= 15 is 0 Å². The molecule has 0 unspecified atom stereocenters. The van der Waals surface area contributed by atoms with Gasteiger partial charge in [-0.2, -0.15) is 0 Å². The summed E-state index contributed by atoms with van der Waals surface area (Å²) in [4.78, 5) is 11.9. The third-order valence-electron chi connectivity index (χ3n) is 3.67. The molecule has 1 aromatic rings. The lowest BCUT2D eigenvalue weighted by molar-refractivity contribution is 0.544. The fourth-order valence-electron chi connectivity index (χ4n) is 2.50. The van der Waals surface area contributed by atoms with Gasteiger partial charge in [0.05, 0.1) is 0 Å². The molecule has 0 aliphatic carbocycles. The van der Waals surface area contributed by atoms with Gasteiger partial charge in [0.25, 0.3) is 0 Å². The fraction of sp³-hybridized carbons (Fsp3) is 0.750. The summed E-state index contributed by atoms with van der Waals surface area (Å²) in [7, 11) is 0. The molecule has 1 aliphatic rings. The van der Waals surface area contributed by atoms with Crippen molar-refractivity contribution >= 4 is 11.6 Å². The van der Waals surface area contributed by atoms with Crippen molar-refractivity contribution in [3.63, 3.8) is 0 Å². The van der Waals surface area contributed by atoms with Crippen LogP contribution in [0.4, 0.5) is 11.6 Å². The molecule has 0 radical (unpaired) electrons. The van der Waals surface area contributed by atoms with E-state index in [1.807, 2.05) is 0 Å². The van der Waals surface area contributed by atoms with Crippen LogP contribution in [0.15, 0.2) is 6.07 Å². The monoisotopic (exact) mass is 276 g/mol. The first kappa shape index (κ1) is 15.1. The number of nitrogens with zero attached hydrogens (tertiary/aromatic N) is 3. The Morgan fingerprint density at radius 1 is 1.10 bits per heavy atom. The molecule has 20 heavy (non-hydrogen) atoms. The van der Waals surface area contributed by atoms with E-state index in [4.69, 9.17) is 4.98 Å². The number of nitrogens with one attached hydrogen (secondary N) is 1. The van der Waals surface area contributed by atoms with E-state index in [2.05, 4.69) is 49.0 Å². The first-order valence-corrected chi connectivity index (χ1v) is 7.89. The Balaban J connectivity index is 2.32. The van der Waals surface area contributed by atoms with Crippen molar-refractivity contribution in [1.82, 2.24) is 9.97 Å². The number of aromatic nitrogens is 2. The minimum absolute atomic E-state index is 0.0218. The summed E-state index contributed by atoms with van der Waals surface area (Å²) in [5, 5.41) is 3.34. The smallest absolute Gasteiger partial charge is 0.138 e. The van der Waals surface area contributed by atoms with Crippen LogP contribution < -0.4 is 10.2 Å². The highest BCUT2D eigenvalue weighted by Gasteiger charge is 2.21. The van der Waals surface area contributed by atoms with Gasteiger partial charge in [0.15, 0.2) is 0 Å². The molecule has 0 aromatic carbocycles. The zero-order valence-corrected chi connectivity index (χ0v) is 13.4. The maximum Gasteiger partial charge on any atom is 0.138 e. The topological polar surface area (TPSA) is 41.0 Å². The summed E-state index contributed by atoms with van der Waals surface area (Å²) < 4.78 is 0. The first-order valence-electron chi connectivity index (χ1n) is 7.89. The van der Waals surface area contributed by atoms with Gasteiger partial charge >= 0.3 is 0 Å². The number of hydrogen-bond acceptors (Lipinski definition) is 4. The van der Waals surface area contributed by atoms with Crippen molar-refractivity contribution in [2.75, 3.05) is 29.9 Å². The predicted octanol–water partition coefficient (Wildman–Crippen LogP) is 3.59. The Hall–Kier alpha value is -1.32. The van der Waals surface area contributed by atoms with Crippen molar-refractivity contribution in [3.05, 3.63) is 11.9 Å². The Morgan fingerprint density at radius 3 is 2.30 bits per heavy atom. The average Bonchev–Trinajstić information content (AvgIpc) is 2.66. The lowest BCUT2D eigenvalue weighted by atomic mass is 9.96. The highest BCUT2D eigenvalue weighted by molar-refractivity contribution is 5.50. The second kappa shape index (κ2) is 6.42. The van der Waals surface area contributed by atoms with Crippen molar-refractivity contribution in [2.45, 2.75) is 58.8 Å². The zero-order valence-electron chi connectivity index (χ0n) is 13.4. The lowest BCUT2D eigenvalue weighted by Gasteiger charge is -2.25. The van der Waals surface area contributed by atoms with E-state index in [-0.39, 0.29) is 5.41 Å². The van der Waals surface area contributed by atoms with E-state index in [1.165, 1.54) is 25.7 Å². The first-order chi connectivity index (χ1) is 9.50. The second-order valence-corrected chi connectivity index (χ2v) is 6.62. The Bertz CT molecular complexity index is 429. The largest absolute Gasteiger partial charge is 0.370 e. The van der Waals surface area contributed by atoms with Crippen LogP contribution >= 0.6 is 0 Å². The van der Waals surface area contributed by atoms with Crippen LogP contribution in [0.5, 0.6) is 0 Å². The van der Waals surface area contributed by atoms with E-state index in [9.17, 15) is 0 Å². The highest BCUT2D eigenvalue weighted by atomic mass is 15.2. The van der Waals surface area contributed by atoms with E-state index in [0.29, 0.717) is 0 Å². The highest BCUT2D eigenvalue weighted by Crippen LogP contribution is 2.25. The van der Waals surface area contributed by atoms with Crippen LogP contribution in [0.25, 0.3) is 0 Å². The molecule has 112 valence electrons. The van der Waals surface area contributed by atoms with E-state index in [0.717, 1.165) is 37.1 Å². The molecule has 4 nitrogen and oxygen atoms in total. The summed E-state index contributed by atoms with van der Waals surface area (Å²) in [6.45, 7) is 11.7. The zero-order chi connectivity index (χ0) is 14.6.